The van der Waals surface area contributed by atoms with Crippen molar-refractivity contribution in [3.05, 3.63) is 0 Å². The van der Waals surface area contributed by atoms with Crippen molar-refractivity contribution in [1.29, 1.82) is 0 Å². The number of aliphatic hydroxyl groups is 3. The highest BCUT2D eigenvalue weighted by atomic mass is 16.5. The SMILES string of the molecule is CC(CC1CCCCC1)C1C#CCC(C(O)CCC2CCC(O)C(OCCCC3CCNC(N)C3)C2)C(O)CCCC1. The molecule has 0 bridgehead atoms. The van der Waals surface area contributed by atoms with Gasteiger partial charge >= 0.3 is 0 Å². The average Bonchev–Trinajstić information content (AvgIpc) is 2.99. The molecular weight excluding hydrogens is 524 g/mol. The Hall–Kier alpha value is -0.680. The van der Waals surface area contributed by atoms with E-state index in [-0.39, 0.29) is 24.3 Å². The maximum Gasteiger partial charge on any atom is 0.0836 e. The lowest BCUT2D eigenvalue weighted by atomic mass is 9.77. The van der Waals surface area contributed by atoms with Gasteiger partial charge in [0, 0.05) is 24.9 Å². The predicted octanol–water partition coefficient (Wildman–Crippen LogP) is 5.91. The second kappa shape index (κ2) is 18.3. The van der Waals surface area contributed by atoms with Gasteiger partial charge in [-0.1, -0.05) is 57.8 Å². The van der Waals surface area contributed by atoms with Gasteiger partial charge in [0.1, 0.15) is 0 Å². The molecule has 3 fully saturated rings. The van der Waals surface area contributed by atoms with Crippen molar-refractivity contribution in [2.24, 2.45) is 41.2 Å². The summed E-state index contributed by atoms with van der Waals surface area (Å²) in [5, 5.41) is 36.2. The van der Waals surface area contributed by atoms with Crippen LogP contribution in [0.15, 0.2) is 0 Å². The van der Waals surface area contributed by atoms with E-state index in [0.29, 0.717) is 43.1 Å². The fourth-order valence-electron chi connectivity index (χ4n) is 8.54. The Labute approximate surface area is 257 Å². The quantitative estimate of drug-likeness (QED) is 0.143. The molecule has 10 atom stereocenters. The number of rotatable bonds is 12. The first kappa shape index (κ1) is 34.2. The minimum atomic E-state index is -0.533. The number of ether oxygens (including phenoxy) is 1. The number of hydrogen-bond donors (Lipinski definition) is 5. The molecule has 0 aromatic carbocycles. The molecule has 10 unspecified atom stereocenters. The summed E-state index contributed by atoms with van der Waals surface area (Å²) >= 11 is 0. The summed E-state index contributed by atoms with van der Waals surface area (Å²) in [6, 6.07) is 0. The van der Waals surface area contributed by atoms with E-state index in [2.05, 4.69) is 24.1 Å². The summed E-state index contributed by atoms with van der Waals surface area (Å²) in [7, 11) is 0. The highest BCUT2D eigenvalue weighted by molar-refractivity contribution is 5.07. The zero-order valence-corrected chi connectivity index (χ0v) is 26.7. The van der Waals surface area contributed by atoms with Crippen LogP contribution in [0.5, 0.6) is 0 Å². The number of hydrogen-bond acceptors (Lipinski definition) is 6. The Bertz CT molecular complexity index is 808. The van der Waals surface area contributed by atoms with Gasteiger partial charge in [-0.05, 0) is 107 Å². The molecule has 0 aromatic heterocycles. The zero-order valence-electron chi connectivity index (χ0n) is 26.7. The molecule has 0 amide bonds. The van der Waals surface area contributed by atoms with Crippen LogP contribution in [0, 0.1) is 47.3 Å². The lowest BCUT2D eigenvalue weighted by Crippen LogP contribution is -2.44. The van der Waals surface area contributed by atoms with Gasteiger partial charge in [0.05, 0.1) is 30.6 Å². The van der Waals surface area contributed by atoms with Gasteiger partial charge in [-0.25, -0.2) is 0 Å². The van der Waals surface area contributed by atoms with Crippen molar-refractivity contribution in [3.8, 4) is 11.8 Å². The highest BCUT2D eigenvalue weighted by Gasteiger charge is 2.32. The van der Waals surface area contributed by atoms with Crippen LogP contribution in [0.4, 0.5) is 0 Å². The lowest BCUT2D eigenvalue weighted by Gasteiger charge is -2.34. The van der Waals surface area contributed by atoms with E-state index in [4.69, 9.17) is 10.5 Å². The standard InChI is InChI=1S/C36H64N2O4/c1-26(23-27-9-3-2-4-10-27)30-12-5-6-15-32(39)31(14-7-13-30)33(40)18-16-29-17-19-34(41)35(24-29)42-22-8-11-28-20-21-38-36(37)25-28/h26-36,38-41H,2-6,8-12,14-25,37H2,1H3. The summed E-state index contributed by atoms with van der Waals surface area (Å²) in [6.45, 7) is 4.11. The van der Waals surface area contributed by atoms with Crippen LogP contribution in [0.2, 0.25) is 0 Å². The Balaban J connectivity index is 1.20. The van der Waals surface area contributed by atoms with Crippen LogP contribution in [-0.2, 0) is 4.74 Å². The molecule has 4 aliphatic rings. The summed E-state index contributed by atoms with van der Waals surface area (Å²) in [5.41, 5.74) is 6.04. The Kier molecular flexibility index (Phi) is 14.9. The van der Waals surface area contributed by atoms with Crippen LogP contribution < -0.4 is 11.1 Å². The Morgan fingerprint density at radius 2 is 1.62 bits per heavy atom. The third-order valence-corrected chi connectivity index (χ3v) is 11.4. The van der Waals surface area contributed by atoms with E-state index in [1.807, 2.05) is 0 Å². The molecule has 0 aromatic rings. The van der Waals surface area contributed by atoms with Crippen LogP contribution in [-0.4, -0.2) is 59.1 Å². The van der Waals surface area contributed by atoms with Crippen molar-refractivity contribution in [2.45, 2.75) is 166 Å². The second-order valence-corrected chi connectivity index (χ2v) is 14.8. The molecule has 0 spiro atoms. The third kappa shape index (κ3) is 11.4. The largest absolute Gasteiger partial charge is 0.393 e. The molecule has 4 rings (SSSR count). The molecule has 42 heavy (non-hydrogen) atoms. The lowest BCUT2D eigenvalue weighted by molar-refractivity contribution is -0.0755. The van der Waals surface area contributed by atoms with E-state index >= 15 is 0 Å². The first-order valence-electron chi connectivity index (χ1n) is 18.0. The van der Waals surface area contributed by atoms with E-state index in [1.54, 1.807) is 0 Å². The van der Waals surface area contributed by atoms with Gasteiger partial charge < -0.3 is 31.1 Å². The van der Waals surface area contributed by atoms with Crippen molar-refractivity contribution < 1.29 is 20.1 Å². The van der Waals surface area contributed by atoms with Crippen LogP contribution >= 0.6 is 0 Å². The number of piperidine rings is 1. The number of nitrogens with one attached hydrogen (secondary N) is 1. The molecule has 6 heteroatoms. The van der Waals surface area contributed by atoms with E-state index < -0.39 is 12.2 Å². The molecule has 0 radical (unpaired) electrons. The molecule has 6 nitrogen and oxygen atoms in total. The van der Waals surface area contributed by atoms with Gasteiger partial charge in [-0.2, -0.15) is 0 Å². The monoisotopic (exact) mass is 588 g/mol. The highest BCUT2D eigenvalue weighted by Crippen LogP contribution is 2.35. The van der Waals surface area contributed by atoms with E-state index in [9.17, 15) is 15.3 Å². The predicted molar refractivity (Wildman–Crippen MR) is 170 cm³/mol. The molecule has 1 heterocycles. The Morgan fingerprint density at radius 3 is 2.43 bits per heavy atom. The summed E-state index contributed by atoms with van der Waals surface area (Å²) < 4.78 is 6.20. The Morgan fingerprint density at radius 1 is 0.857 bits per heavy atom. The van der Waals surface area contributed by atoms with Gasteiger partial charge in [0.2, 0.25) is 0 Å². The average molecular weight is 589 g/mol. The second-order valence-electron chi connectivity index (χ2n) is 14.8. The molecule has 3 aliphatic carbocycles. The number of aliphatic hydroxyl groups excluding tert-OH is 3. The fourth-order valence-corrected chi connectivity index (χ4v) is 8.54. The minimum absolute atomic E-state index is 0.103. The van der Waals surface area contributed by atoms with Gasteiger partial charge in [0.15, 0.2) is 0 Å². The fraction of sp³-hybridized carbons (Fsp3) is 0.944. The molecule has 2 saturated carbocycles. The van der Waals surface area contributed by atoms with Gasteiger partial charge in [-0.3, -0.25) is 0 Å². The zero-order chi connectivity index (χ0) is 29.7. The first-order chi connectivity index (χ1) is 20.4. The maximum atomic E-state index is 11.3. The van der Waals surface area contributed by atoms with Crippen molar-refractivity contribution >= 4 is 0 Å². The van der Waals surface area contributed by atoms with E-state index in [1.165, 1.54) is 44.9 Å². The minimum Gasteiger partial charge on any atom is -0.393 e. The van der Waals surface area contributed by atoms with Crippen molar-refractivity contribution in [1.82, 2.24) is 5.32 Å². The normalized spacial score (nSPS) is 36.9. The molecule has 1 saturated heterocycles. The molecular formula is C36H64N2O4. The summed E-state index contributed by atoms with van der Waals surface area (Å²) in [6.07, 6.45) is 20.2. The van der Waals surface area contributed by atoms with Crippen LogP contribution in [0.3, 0.4) is 0 Å². The summed E-state index contributed by atoms with van der Waals surface area (Å²) in [5.74, 6) is 9.99. The first-order valence-corrected chi connectivity index (χ1v) is 18.0. The molecule has 6 N–H and O–H groups in total. The topological polar surface area (TPSA) is 108 Å². The smallest absolute Gasteiger partial charge is 0.0836 e. The van der Waals surface area contributed by atoms with Gasteiger partial charge in [-0.15, -0.1) is 5.92 Å². The van der Waals surface area contributed by atoms with Gasteiger partial charge in [0.25, 0.3) is 0 Å². The summed E-state index contributed by atoms with van der Waals surface area (Å²) in [4.78, 5) is 0. The molecule has 242 valence electrons. The molecule has 1 aliphatic heterocycles. The van der Waals surface area contributed by atoms with Crippen LogP contribution in [0.25, 0.3) is 0 Å². The maximum absolute atomic E-state index is 11.3. The van der Waals surface area contributed by atoms with E-state index in [0.717, 1.165) is 83.1 Å². The number of nitrogens with two attached hydrogens (primary N) is 1. The van der Waals surface area contributed by atoms with Crippen molar-refractivity contribution in [2.75, 3.05) is 13.2 Å². The van der Waals surface area contributed by atoms with Crippen molar-refractivity contribution in [3.63, 3.8) is 0 Å². The third-order valence-electron chi connectivity index (χ3n) is 11.4. The van der Waals surface area contributed by atoms with Crippen LogP contribution in [0.1, 0.15) is 135 Å².